The van der Waals surface area contributed by atoms with Crippen LogP contribution < -0.4 is 5.32 Å². The number of hydrogen-bond donors (Lipinski definition) is 2. The van der Waals surface area contributed by atoms with Gasteiger partial charge in [-0.3, -0.25) is 14.5 Å². The zero-order chi connectivity index (χ0) is 18.8. The number of methoxy groups -OCH3 is 1. The van der Waals surface area contributed by atoms with Crippen molar-refractivity contribution in [1.82, 2.24) is 4.90 Å². The Labute approximate surface area is 158 Å². The van der Waals surface area contributed by atoms with Gasteiger partial charge in [-0.1, -0.05) is 12.1 Å². The Balaban J connectivity index is 1.48. The van der Waals surface area contributed by atoms with Gasteiger partial charge in [0, 0.05) is 30.4 Å². The number of nitrogens with zero attached hydrogens (tertiary/aromatic N) is 1. The number of fused-ring (bicyclic) bond motifs is 4. The second kappa shape index (κ2) is 6.04. The van der Waals surface area contributed by atoms with Gasteiger partial charge in [-0.15, -0.1) is 0 Å². The van der Waals surface area contributed by atoms with Gasteiger partial charge in [0.1, 0.15) is 5.54 Å². The highest BCUT2D eigenvalue weighted by Gasteiger charge is 2.60. The van der Waals surface area contributed by atoms with Crippen molar-refractivity contribution in [3.63, 3.8) is 0 Å². The Morgan fingerprint density at radius 1 is 1.33 bits per heavy atom. The lowest BCUT2D eigenvalue weighted by Gasteiger charge is -2.49. The summed E-state index contributed by atoms with van der Waals surface area (Å²) in [5.74, 6) is -0.173. The van der Waals surface area contributed by atoms with E-state index in [0.717, 1.165) is 43.6 Å². The molecule has 0 radical (unpaired) electrons. The predicted molar refractivity (Wildman–Crippen MR) is 99.4 cm³/mol. The number of aliphatic hydroxyl groups is 1. The van der Waals surface area contributed by atoms with Gasteiger partial charge in [0.25, 0.3) is 0 Å². The summed E-state index contributed by atoms with van der Waals surface area (Å²) < 4.78 is 5.01. The minimum Gasteiger partial charge on any atom is -0.469 e. The summed E-state index contributed by atoms with van der Waals surface area (Å²) in [6, 6.07) is 7.78. The van der Waals surface area contributed by atoms with Crippen LogP contribution in [0.2, 0.25) is 0 Å². The van der Waals surface area contributed by atoms with E-state index in [9.17, 15) is 14.7 Å². The molecule has 4 aliphatic rings. The van der Waals surface area contributed by atoms with E-state index in [1.165, 1.54) is 7.11 Å². The Morgan fingerprint density at radius 2 is 2.15 bits per heavy atom. The number of piperidine rings is 1. The number of aliphatic hydroxyl groups excluding tert-OH is 1. The average Bonchev–Trinajstić information content (AvgIpc) is 3.18. The molecule has 0 bridgehead atoms. The monoisotopic (exact) mass is 370 g/mol. The molecule has 1 aromatic rings. The molecule has 3 aliphatic heterocycles. The number of anilines is 1. The lowest BCUT2D eigenvalue weighted by Crippen LogP contribution is -2.60. The number of rotatable bonds is 1. The van der Waals surface area contributed by atoms with Crippen LogP contribution in [0.3, 0.4) is 0 Å². The number of ether oxygens (including phenoxy) is 1. The van der Waals surface area contributed by atoms with Gasteiger partial charge in [0.05, 0.1) is 19.1 Å². The van der Waals surface area contributed by atoms with Crippen LogP contribution in [0.5, 0.6) is 0 Å². The molecule has 1 aliphatic carbocycles. The second-order valence-corrected chi connectivity index (χ2v) is 8.59. The summed E-state index contributed by atoms with van der Waals surface area (Å²) in [7, 11) is 1.39. The van der Waals surface area contributed by atoms with E-state index >= 15 is 0 Å². The summed E-state index contributed by atoms with van der Waals surface area (Å²) in [6.45, 7) is 1.79. The summed E-state index contributed by atoms with van der Waals surface area (Å²) in [6.07, 6.45) is 2.46. The molecule has 1 aromatic carbocycles. The highest BCUT2D eigenvalue weighted by molar-refractivity contribution is 6.14. The quantitative estimate of drug-likeness (QED) is 0.733. The number of esters is 1. The summed E-state index contributed by atoms with van der Waals surface area (Å²) >= 11 is 0. The molecule has 5 rings (SSSR count). The van der Waals surface area contributed by atoms with Crippen molar-refractivity contribution >= 4 is 17.4 Å². The maximum Gasteiger partial charge on any atom is 0.311 e. The number of Topliss-reactive ketones (excluding diaryl/α,β-unsaturated/α-hetero) is 1. The van der Waals surface area contributed by atoms with Crippen LogP contribution in [0.15, 0.2) is 24.3 Å². The van der Waals surface area contributed by atoms with Crippen LogP contribution in [-0.2, 0) is 9.53 Å². The molecule has 0 unspecified atom stereocenters. The first-order chi connectivity index (χ1) is 13.0. The first kappa shape index (κ1) is 17.2. The third-order valence-electron chi connectivity index (χ3n) is 7.49. The molecule has 1 saturated carbocycles. The molecular formula is C21H26N2O4. The Morgan fingerprint density at radius 3 is 2.93 bits per heavy atom. The smallest absolute Gasteiger partial charge is 0.311 e. The van der Waals surface area contributed by atoms with E-state index in [0.29, 0.717) is 12.3 Å². The van der Waals surface area contributed by atoms with Gasteiger partial charge < -0.3 is 15.2 Å². The Bertz CT molecular complexity index is 796. The number of para-hydroxylation sites is 1. The van der Waals surface area contributed by atoms with Gasteiger partial charge in [-0.25, -0.2) is 0 Å². The molecule has 144 valence electrons. The predicted octanol–water partition coefficient (Wildman–Crippen LogP) is 1.69. The van der Waals surface area contributed by atoms with Crippen LogP contribution in [0.25, 0.3) is 0 Å². The molecular weight excluding hydrogens is 344 g/mol. The summed E-state index contributed by atoms with van der Waals surface area (Å²) in [4.78, 5) is 28.2. The lowest BCUT2D eigenvalue weighted by atomic mass is 9.64. The number of ketones is 1. The molecule has 6 heteroatoms. The number of hydrogen-bond acceptors (Lipinski definition) is 6. The molecule has 27 heavy (non-hydrogen) atoms. The minimum atomic E-state index is -0.646. The lowest BCUT2D eigenvalue weighted by molar-refractivity contribution is -0.159. The topological polar surface area (TPSA) is 78.9 Å². The largest absolute Gasteiger partial charge is 0.469 e. The van der Waals surface area contributed by atoms with Gasteiger partial charge in [0.15, 0.2) is 5.78 Å². The molecule has 3 heterocycles. The first-order valence-electron chi connectivity index (χ1n) is 9.97. The van der Waals surface area contributed by atoms with Gasteiger partial charge >= 0.3 is 5.97 Å². The molecule has 0 amide bonds. The van der Waals surface area contributed by atoms with Crippen molar-refractivity contribution in [2.75, 3.05) is 25.5 Å². The highest BCUT2D eigenvalue weighted by atomic mass is 16.5. The minimum absolute atomic E-state index is 0.0520. The molecule has 6 nitrogen and oxygen atoms in total. The zero-order valence-electron chi connectivity index (χ0n) is 15.6. The zero-order valence-corrected chi connectivity index (χ0v) is 15.6. The normalized spacial score (nSPS) is 40.2. The number of nitrogens with one attached hydrogen (secondary N) is 1. The molecule has 2 saturated heterocycles. The van der Waals surface area contributed by atoms with E-state index in [4.69, 9.17) is 4.74 Å². The van der Waals surface area contributed by atoms with Crippen LogP contribution in [-0.4, -0.2) is 59.6 Å². The fourth-order valence-corrected chi connectivity index (χ4v) is 6.21. The fraction of sp³-hybridized carbons (Fsp3) is 0.619. The van der Waals surface area contributed by atoms with Crippen molar-refractivity contribution in [2.45, 2.75) is 43.4 Å². The number of carbonyl (C=O) groups is 2. The third kappa shape index (κ3) is 2.32. The molecule has 6 atom stereocenters. The van der Waals surface area contributed by atoms with Gasteiger partial charge in [-0.2, -0.15) is 0 Å². The van der Waals surface area contributed by atoms with Crippen LogP contribution in [0.1, 0.15) is 36.0 Å². The van der Waals surface area contributed by atoms with Crippen molar-refractivity contribution in [3.05, 3.63) is 29.8 Å². The molecule has 1 spiro atoms. The van der Waals surface area contributed by atoms with E-state index in [1.807, 2.05) is 24.3 Å². The first-order valence-corrected chi connectivity index (χ1v) is 9.97. The fourth-order valence-electron chi connectivity index (χ4n) is 6.21. The maximum absolute atomic E-state index is 13.3. The van der Waals surface area contributed by atoms with Crippen molar-refractivity contribution in [2.24, 2.45) is 17.8 Å². The molecule has 2 N–H and O–H groups in total. The molecule has 3 fully saturated rings. The Kier molecular flexibility index (Phi) is 3.85. The third-order valence-corrected chi connectivity index (χ3v) is 7.49. The van der Waals surface area contributed by atoms with E-state index < -0.39 is 17.6 Å². The van der Waals surface area contributed by atoms with Crippen molar-refractivity contribution in [1.29, 1.82) is 0 Å². The second-order valence-electron chi connectivity index (χ2n) is 8.59. The van der Waals surface area contributed by atoms with E-state index in [2.05, 4.69) is 10.2 Å². The van der Waals surface area contributed by atoms with Crippen LogP contribution >= 0.6 is 0 Å². The number of benzene rings is 1. The average molecular weight is 370 g/mol. The Hall–Kier alpha value is -1.92. The van der Waals surface area contributed by atoms with Crippen LogP contribution in [0.4, 0.5) is 5.69 Å². The summed E-state index contributed by atoms with van der Waals surface area (Å²) in [5.41, 5.74) is 1.09. The van der Waals surface area contributed by atoms with Crippen LogP contribution in [0, 0.1) is 17.8 Å². The SMILES string of the molecule is COC(=O)[C@@H]1[C@H]2C[C@@H]3N(CC[C@@]34Nc3ccccc3C4=O)C[C@@H]2CC[C@H]1O. The highest BCUT2D eigenvalue weighted by Crippen LogP contribution is 2.51. The summed E-state index contributed by atoms with van der Waals surface area (Å²) in [5, 5.41) is 14.1. The van der Waals surface area contributed by atoms with E-state index in [-0.39, 0.29) is 23.7 Å². The van der Waals surface area contributed by atoms with Crippen molar-refractivity contribution < 1.29 is 19.4 Å². The molecule has 0 aromatic heterocycles. The maximum atomic E-state index is 13.3. The van der Waals surface area contributed by atoms with Gasteiger partial charge in [0.2, 0.25) is 0 Å². The number of carbonyl (C=O) groups excluding carboxylic acids is 2. The van der Waals surface area contributed by atoms with Crippen molar-refractivity contribution in [3.8, 4) is 0 Å². The van der Waals surface area contributed by atoms with E-state index in [1.54, 1.807) is 0 Å². The standard InChI is InChI=1S/C21H26N2O4/c1-27-20(26)18-14-10-17-21(19(25)13-4-2-3-5-15(13)22-21)8-9-23(17)11-12(14)6-7-16(18)24/h2-5,12,14,16-18,22,24H,6-11H2,1H3/t12-,14-,16+,17-,18+,21+/m0/s1. The van der Waals surface area contributed by atoms with Gasteiger partial charge in [-0.05, 0) is 49.7 Å².